The van der Waals surface area contributed by atoms with Crippen LogP contribution in [0.25, 0.3) is 16.3 Å². The number of anilines is 1. The molecule has 2 aromatic carbocycles. The number of thiazole rings is 1. The molecule has 0 unspecified atom stereocenters. The minimum Gasteiger partial charge on any atom is -0.494 e. The van der Waals surface area contributed by atoms with Crippen LogP contribution in [0.5, 0.6) is 5.75 Å². The summed E-state index contributed by atoms with van der Waals surface area (Å²) in [5.41, 5.74) is 1.52. The first kappa shape index (κ1) is 21.0. The number of aromatic nitrogens is 1. The average molecular weight is 431 g/mol. The number of carbonyl (C=O) groups excluding carboxylic acids is 1. The largest absolute Gasteiger partial charge is 0.494 e. The predicted molar refractivity (Wildman–Crippen MR) is 117 cm³/mol. The summed E-state index contributed by atoms with van der Waals surface area (Å²) in [5, 5.41) is 3.13. The Kier molecular flexibility index (Phi) is 6.66. The maximum Gasteiger partial charge on any atom is 0.250 e. The van der Waals surface area contributed by atoms with Crippen molar-refractivity contribution < 1.29 is 17.9 Å². The van der Waals surface area contributed by atoms with Crippen LogP contribution in [-0.4, -0.2) is 32.2 Å². The Balaban J connectivity index is 1.62. The van der Waals surface area contributed by atoms with Crippen LogP contribution in [-0.2, 0) is 14.6 Å². The van der Waals surface area contributed by atoms with Gasteiger partial charge in [0.05, 0.1) is 21.7 Å². The van der Waals surface area contributed by atoms with Crippen molar-refractivity contribution in [3.63, 3.8) is 0 Å². The summed E-state index contributed by atoms with van der Waals surface area (Å²) in [7, 11) is -3.29. The standard InChI is InChI=1S/C21H22N2O4S2/c1-3-4-13-27-16-8-5-15(6-9-16)7-12-20(24)23-21-22-18-11-10-17(29(2,25)26)14-19(18)28-21/h5-12,14H,3-4,13H2,1-2H3,(H,22,23,24)/b12-7+. The lowest BCUT2D eigenvalue weighted by molar-refractivity contribution is -0.111. The quantitative estimate of drug-likeness (QED) is 0.419. The molecule has 0 radical (unpaired) electrons. The van der Waals surface area contributed by atoms with Crippen molar-refractivity contribution in [2.24, 2.45) is 0 Å². The second-order valence-corrected chi connectivity index (χ2v) is 9.56. The Morgan fingerprint density at radius 3 is 2.66 bits per heavy atom. The van der Waals surface area contributed by atoms with Gasteiger partial charge in [-0.3, -0.25) is 10.1 Å². The van der Waals surface area contributed by atoms with Crippen molar-refractivity contribution in [1.29, 1.82) is 0 Å². The molecule has 1 amide bonds. The van der Waals surface area contributed by atoms with Crippen molar-refractivity contribution in [3.05, 3.63) is 54.1 Å². The zero-order chi connectivity index (χ0) is 20.9. The molecule has 0 saturated carbocycles. The highest BCUT2D eigenvalue weighted by Crippen LogP contribution is 2.28. The number of ether oxygens (including phenoxy) is 1. The number of rotatable bonds is 8. The molecule has 0 spiro atoms. The van der Waals surface area contributed by atoms with E-state index in [2.05, 4.69) is 17.2 Å². The normalized spacial score (nSPS) is 11.8. The second kappa shape index (κ2) is 9.19. The molecule has 0 aliphatic carbocycles. The molecule has 0 fully saturated rings. The first-order valence-corrected chi connectivity index (χ1v) is 11.9. The minimum absolute atomic E-state index is 0.230. The summed E-state index contributed by atoms with van der Waals surface area (Å²) in [4.78, 5) is 16.7. The molecular formula is C21H22N2O4S2. The van der Waals surface area contributed by atoms with Gasteiger partial charge in [0.25, 0.3) is 0 Å². The van der Waals surface area contributed by atoms with Gasteiger partial charge >= 0.3 is 0 Å². The maximum absolute atomic E-state index is 12.2. The van der Waals surface area contributed by atoms with Gasteiger partial charge in [-0.25, -0.2) is 13.4 Å². The van der Waals surface area contributed by atoms with E-state index in [0.717, 1.165) is 30.4 Å². The summed E-state index contributed by atoms with van der Waals surface area (Å²) < 4.78 is 29.6. The Hall–Kier alpha value is -2.71. The van der Waals surface area contributed by atoms with E-state index in [9.17, 15) is 13.2 Å². The van der Waals surface area contributed by atoms with E-state index in [1.54, 1.807) is 18.2 Å². The molecule has 3 rings (SSSR count). The first-order valence-electron chi connectivity index (χ1n) is 9.18. The van der Waals surface area contributed by atoms with Crippen LogP contribution in [0.3, 0.4) is 0 Å². The van der Waals surface area contributed by atoms with E-state index < -0.39 is 9.84 Å². The first-order chi connectivity index (χ1) is 13.8. The molecule has 0 aliphatic rings. The van der Waals surface area contributed by atoms with Crippen LogP contribution in [0.4, 0.5) is 5.13 Å². The summed E-state index contributed by atoms with van der Waals surface area (Å²) in [6.45, 7) is 2.81. The lowest BCUT2D eigenvalue weighted by Gasteiger charge is -2.04. The van der Waals surface area contributed by atoms with Crippen LogP contribution in [0.2, 0.25) is 0 Å². The highest BCUT2D eigenvalue weighted by molar-refractivity contribution is 7.90. The van der Waals surface area contributed by atoms with Crippen LogP contribution >= 0.6 is 11.3 Å². The predicted octanol–water partition coefficient (Wildman–Crippen LogP) is 4.53. The maximum atomic E-state index is 12.2. The molecule has 29 heavy (non-hydrogen) atoms. The number of nitrogens with zero attached hydrogens (tertiary/aromatic N) is 1. The monoisotopic (exact) mass is 430 g/mol. The van der Waals surface area contributed by atoms with Gasteiger partial charge in [0.15, 0.2) is 15.0 Å². The van der Waals surface area contributed by atoms with Gasteiger partial charge in [-0.2, -0.15) is 0 Å². The number of benzene rings is 2. The van der Waals surface area contributed by atoms with Gasteiger partial charge in [0.1, 0.15) is 5.75 Å². The highest BCUT2D eigenvalue weighted by Gasteiger charge is 2.11. The molecule has 152 valence electrons. The second-order valence-electron chi connectivity index (χ2n) is 6.51. The van der Waals surface area contributed by atoms with E-state index in [4.69, 9.17) is 4.74 Å². The van der Waals surface area contributed by atoms with Gasteiger partial charge in [-0.1, -0.05) is 36.8 Å². The van der Waals surface area contributed by atoms with E-state index in [1.165, 1.54) is 23.5 Å². The van der Waals surface area contributed by atoms with Crippen molar-refractivity contribution in [2.45, 2.75) is 24.7 Å². The number of nitrogens with one attached hydrogen (secondary N) is 1. The third-order valence-electron chi connectivity index (χ3n) is 4.09. The van der Waals surface area contributed by atoms with E-state index >= 15 is 0 Å². The Morgan fingerprint density at radius 1 is 1.21 bits per heavy atom. The fourth-order valence-corrected chi connectivity index (χ4v) is 4.15. The lowest BCUT2D eigenvalue weighted by Crippen LogP contribution is -2.07. The van der Waals surface area contributed by atoms with Crippen molar-refractivity contribution in [2.75, 3.05) is 18.2 Å². The topological polar surface area (TPSA) is 85.4 Å². The lowest BCUT2D eigenvalue weighted by atomic mass is 10.2. The van der Waals surface area contributed by atoms with Gasteiger partial charge in [-0.15, -0.1) is 0 Å². The molecule has 1 heterocycles. The Labute approximate surface area is 174 Å². The molecule has 8 heteroatoms. The summed E-state index contributed by atoms with van der Waals surface area (Å²) in [5.74, 6) is 0.499. The Morgan fingerprint density at radius 2 is 1.97 bits per heavy atom. The number of hydrogen-bond acceptors (Lipinski definition) is 6. The van der Waals surface area contributed by atoms with Gasteiger partial charge < -0.3 is 4.74 Å². The fourth-order valence-electron chi connectivity index (χ4n) is 2.52. The fraction of sp³-hybridized carbons (Fsp3) is 0.238. The SMILES string of the molecule is CCCCOc1ccc(/C=C/C(=O)Nc2nc3ccc(S(C)(=O)=O)cc3s2)cc1. The molecule has 1 aromatic heterocycles. The molecule has 6 nitrogen and oxygen atoms in total. The average Bonchev–Trinajstić information content (AvgIpc) is 3.08. The number of carbonyl (C=O) groups is 1. The number of sulfone groups is 1. The van der Waals surface area contributed by atoms with E-state index in [-0.39, 0.29) is 10.8 Å². The van der Waals surface area contributed by atoms with Crippen LogP contribution < -0.4 is 10.1 Å². The molecule has 1 N–H and O–H groups in total. The zero-order valence-corrected chi connectivity index (χ0v) is 17.8. The summed E-state index contributed by atoms with van der Waals surface area (Å²) in [6.07, 6.45) is 6.40. The van der Waals surface area contributed by atoms with E-state index in [1.807, 2.05) is 24.3 Å². The molecule has 0 saturated heterocycles. The third-order valence-corrected chi connectivity index (χ3v) is 6.14. The molecule has 0 bridgehead atoms. The summed E-state index contributed by atoms with van der Waals surface area (Å²) in [6, 6.07) is 12.2. The van der Waals surface area contributed by atoms with Crippen LogP contribution in [0, 0.1) is 0 Å². The van der Waals surface area contributed by atoms with Crippen molar-refractivity contribution in [3.8, 4) is 5.75 Å². The van der Waals surface area contributed by atoms with Crippen molar-refractivity contribution in [1.82, 2.24) is 4.98 Å². The molecule has 0 aliphatic heterocycles. The van der Waals surface area contributed by atoms with Gasteiger partial charge in [0, 0.05) is 12.3 Å². The smallest absolute Gasteiger partial charge is 0.250 e. The number of fused-ring (bicyclic) bond motifs is 1. The number of unbranched alkanes of at least 4 members (excludes halogenated alkanes) is 1. The number of hydrogen-bond donors (Lipinski definition) is 1. The molecular weight excluding hydrogens is 408 g/mol. The van der Waals surface area contributed by atoms with Gasteiger partial charge in [0.2, 0.25) is 5.91 Å². The van der Waals surface area contributed by atoms with Crippen LogP contribution in [0.15, 0.2) is 53.4 Å². The van der Waals surface area contributed by atoms with Gasteiger partial charge in [-0.05, 0) is 48.4 Å². The van der Waals surface area contributed by atoms with Crippen molar-refractivity contribution >= 4 is 48.5 Å². The molecule has 0 atom stereocenters. The van der Waals surface area contributed by atoms with Crippen LogP contribution in [0.1, 0.15) is 25.3 Å². The summed E-state index contributed by atoms with van der Waals surface area (Å²) >= 11 is 1.23. The molecule has 3 aromatic rings. The highest BCUT2D eigenvalue weighted by atomic mass is 32.2. The Bertz CT molecular complexity index is 1130. The number of amides is 1. The minimum atomic E-state index is -3.29. The third kappa shape index (κ3) is 5.88. The zero-order valence-electron chi connectivity index (χ0n) is 16.2. The van der Waals surface area contributed by atoms with E-state index in [0.29, 0.717) is 22.0 Å².